The quantitative estimate of drug-likeness (QED) is 0.892. The molecule has 4 heteroatoms. The van der Waals surface area contributed by atoms with Crippen LogP contribution < -0.4 is 10.1 Å². The van der Waals surface area contributed by atoms with Gasteiger partial charge in [-0.05, 0) is 51.5 Å². The van der Waals surface area contributed by atoms with E-state index in [1.54, 1.807) is 18.2 Å². The lowest BCUT2D eigenvalue weighted by Gasteiger charge is -2.21. The molecule has 2 aromatic rings. The van der Waals surface area contributed by atoms with E-state index in [0.29, 0.717) is 11.7 Å². The number of hydrogen-bond donors (Lipinski definition) is 1. The van der Waals surface area contributed by atoms with Gasteiger partial charge >= 0.3 is 0 Å². The summed E-state index contributed by atoms with van der Waals surface area (Å²) in [5, 5.41) is 3.25. The zero-order valence-corrected chi connectivity index (χ0v) is 12.2. The summed E-state index contributed by atoms with van der Waals surface area (Å²) in [6.45, 7) is 8.02. The second kappa shape index (κ2) is 5.49. The Hall–Kier alpha value is -2.10. The lowest BCUT2D eigenvalue weighted by Crippen LogP contribution is -2.26. The van der Waals surface area contributed by atoms with Crippen molar-refractivity contribution in [3.8, 4) is 11.6 Å². The number of hydrogen-bond acceptors (Lipinski definition) is 3. The third kappa shape index (κ3) is 3.95. The first-order valence-electron chi connectivity index (χ1n) is 6.53. The molecular weight excluding hydrogens is 255 g/mol. The molecule has 3 nitrogen and oxygen atoms in total. The average Bonchev–Trinajstić information content (AvgIpc) is 2.32. The lowest BCUT2D eigenvalue weighted by atomic mass is 10.1. The van der Waals surface area contributed by atoms with E-state index in [0.717, 1.165) is 5.56 Å². The molecule has 1 aromatic heterocycles. The number of ether oxygens (including phenoxy) is 1. The Morgan fingerprint density at radius 2 is 1.90 bits per heavy atom. The second-order valence-electron chi connectivity index (χ2n) is 5.77. The van der Waals surface area contributed by atoms with Gasteiger partial charge in [0.05, 0.1) is 0 Å². The zero-order chi connectivity index (χ0) is 14.8. The molecule has 0 saturated carbocycles. The van der Waals surface area contributed by atoms with Crippen molar-refractivity contribution < 1.29 is 9.13 Å². The summed E-state index contributed by atoms with van der Waals surface area (Å²) >= 11 is 0. The molecule has 0 atom stereocenters. The summed E-state index contributed by atoms with van der Waals surface area (Å²) in [4.78, 5) is 4.32. The predicted molar refractivity (Wildman–Crippen MR) is 78.8 cm³/mol. The topological polar surface area (TPSA) is 34.1 Å². The van der Waals surface area contributed by atoms with Crippen LogP contribution in [0.1, 0.15) is 26.3 Å². The highest BCUT2D eigenvalue weighted by atomic mass is 19.1. The molecule has 0 aliphatic rings. The Morgan fingerprint density at radius 1 is 1.15 bits per heavy atom. The molecule has 1 heterocycles. The fraction of sp³-hybridized carbons (Fsp3) is 0.312. The van der Waals surface area contributed by atoms with E-state index in [1.165, 1.54) is 6.07 Å². The van der Waals surface area contributed by atoms with Gasteiger partial charge in [-0.25, -0.2) is 4.39 Å². The summed E-state index contributed by atoms with van der Waals surface area (Å²) in [6.07, 6.45) is 0. The number of anilines is 1. The third-order valence-corrected chi connectivity index (χ3v) is 2.53. The van der Waals surface area contributed by atoms with Crippen LogP contribution >= 0.6 is 0 Å². The van der Waals surface area contributed by atoms with E-state index >= 15 is 0 Å². The van der Waals surface area contributed by atoms with Crippen LogP contribution in [-0.4, -0.2) is 10.5 Å². The van der Waals surface area contributed by atoms with Crippen molar-refractivity contribution >= 4 is 5.82 Å². The van der Waals surface area contributed by atoms with Gasteiger partial charge < -0.3 is 10.1 Å². The first kappa shape index (κ1) is 14.3. The number of aromatic nitrogens is 1. The number of pyridine rings is 1. The van der Waals surface area contributed by atoms with Gasteiger partial charge in [0.15, 0.2) is 11.6 Å². The van der Waals surface area contributed by atoms with Crippen LogP contribution in [0.5, 0.6) is 11.6 Å². The molecule has 0 radical (unpaired) electrons. The Bertz CT molecular complexity index is 606. The number of nitrogens with zero attached hydrogens (tertiary/aromatic N) is 1. The largest absolute Gasteiger partial charge is 0.436 e. The number of aryl methyl sites for hydroxylation is 1. The van der Waals surface area contributed by atoms with Crippen molar-refractivity contribution in [2.75, 3.05) is 5.32 Å². The van der Waals surface area contributed by atoms with Crippen molar-refractivity contribution in [2.45, 2.75) is 33.2 Å². The number of benzene rings is 1. The molecule has 0 aliphatic heterocycles. The van der Waals surface area contributed by atoms with E-state index in [-0.39, 0.29) is 11.3 Å². The van der Waals surface area contributed by atoms with Gasteiger partial charge in [-0.3, -0.25) is 0 Å². The van der Waals surface area contributed by atoms with Crippen LogP contribution in [-0.2, 0) is 0 Å². The third-order valence-electron chi connectivity index (χ3n) is 2.53. The highest BCUT2D eigenvalue weighted by Crippen LogP contribution is 2.25. The first-order chi connectivity index (χ1) is 9.33. The maximum atomic E-state index is 13.7. The summed E-state index contributed by atoms with van der Waals surface area (Å²) in [6, 6.07) is 10.1. The highest BCUT2D eigenvalue weighted by Gasteiger charge is 2.11. The standard InChI is InChI=1S/C16H19FN2O/c1-11-8-9-12(17)13(10-11)20-15-7-5-6-14(18-15)19-16(2,3)4/h5-10H,1-4H3,(H,18,19). The lowest BCUT2D eigenvalue weighted by molar-refractivity contribution is 0.427. The molecule has 0 spiro atoms. The van der Waals surface area contributed by atoms with Gasteiger partial charge in [0.25, 0.3) is 0 Å². The molecule has 0 saturated heterocycles. The van der Waals surface area contributed by atoms with Crippen molar-refractivity contribution in [3.63, 3.8) is 0 Å². The monoisotopic (exact) mass is 274 g/mol. The Balaban J connectivity index is 2.21. The van der Waals surface area contributed by atoms with Crippen molar-refractivity contribution in [3.05, 3.63) is 47.8 Å². The summed E-state index contributed by atoms with van der Waals surface area (Å²) in [5.74, 6) is 0.851. The molecule has 1 N–H and O–H groups in total. The van der Waals surface area contributed by atoms with E-state index in [4.69, 9.17) is 4.74 Å². The maximum absolute atomic E-state index is 13.7. The van der Waals surface area contributed by atoms with Gasteiger partial charge in [0.1, 0.15) is 5.82 Å². The minimum atomic E-state index is -0.397. The van der Waals surface area contributed by atoms with Crippen LogP contribution in [0.2, 0.25) is 0 Å². The van der Waals surface area contributed by atoms with E-state index < -0.39 is 5.82 Å². The van der Waals surface area contributed by atoms with Crippen LogP contribution in [0.15, 0.2) is 36.4 Å². The SMILES string of the molecule is Cc1ccc(F)c(Oc2cccc(NC(C)(C)C)n2)c1. The average molecular weight is 274 g/mol. The zero-order valence-electron chi connectivity index (χ0n) is 12.2. The Kier molecular flexibility index (Phi) is 3.93. The molecule has 1 aromatic carbocycles. The Labute approximate surface area is 118 Å². The fourth-order valence-electron chi connectivity index (χ4n) is 1.73. The molecule has 2 rings (SSSR count). The van der Waals surface area contributed by atoms with Gasteiger partial charge in [-0.15, -0.1) is 0 Å². The first-order valence-corrected chi connectivity index (χ1v) is 6.53. The maximum Gasteiger partial charge on any atom is 0.221 e. The van der Waals surface area contributed by atoms with Crippen molar-refractivity contribution in [2.24, 2.45) is 0 Å². The minimum absolute atomic E-state index is 0.0970. The molecule has 0 unspecified atom stereocenters. The number of nitrogens with one attached hydrogen (secondary N) is 1. The highest BCUT2D eigenvalue weighted by molar-refractivity contribution is 5.41. The Morgan fingerprint density at radius 3 is 2.60 bits per heavy atom. The normalized spacial score (nSPS) is 11.2. The van der Waals surface area contributed by atoms with Crippen molar-refractivity contribution in [1.29, 1.82) is 0 Å². The molecule has 0 bridgehead atoms. The van der Waals surface area contributed by atoms with Gasteiger partial charge in [-0.1, -0.05) is 12.1 Å². The summed E-state index contributed by atoms with van der Waals surface area (Å²) in [5.41, 5.74) is 0.839. The second-order valence-corrected chi connectivity index (χ2v) is 5.77. The number of halogens is 1. The molecule has 106 valence electrons. The molecule has 0 fully saturated rings. The van der Waals surface area contributed by atoms with E-state index in [2.05, 4.69) is 10.3 Å². The van der Waals surface area contributed by atoms with Crippen LogP contribution in [0.3, 0.4) is 0 Å². The summed E-state index contributed by atoms with van der Waals surface area (Å²) in [7, 11) is 0. The fourth-order valence-corrected chi connectivity index (χ4v) is 1.73. The molecule has 20 heavy (non-hydrogen) atoms. The molecule has 0 aliphatic carbocycles. The predicted octanol–water partition coefficient (Wildman–Crippen LogP) is 4.53. The minimum Gasteiger partial charge on any atom is -0.436 e. The number of rotatable bonds is 3. The van der Waals surface area contributed by atoms with Gasteiger partial charge in [0, 0.05) is 11.6 Å². The van der Waals surface area contributed by atoms with Crippen LogP contribution in [0, 0.1) is 12.7 Å². The molecular formula is C16H19FN2O. The van der Waals surface area contributed by atoms with Gasteiger partial charge in [0.2, 0.25) is 5.88 Å². The van der Waals surface area contributed by atoms with Crippen molar-refractivity contribution in [1.82, 2.24) is 4.98 Å². The summed E-state index contributed by atoms with van der Waals surface area (Å²) < 4.78 is 19.2. The van der Waals surface area contributed by atoms with Crippen LogP contribution in [0.25, 0.3) is 0 Å². The molecule has 0 amide bonds. The van der Waals surface area contributed by atoms with E-state index in [1.807, 2.05) is 39.8 Å². The van der Waals surface area contributed by atoms with Gasteiger partial charge in [-0.2, -0.15) is 4.98 Å². The van der Waals surface area contributed by atoms with Crippen LogP contribution in [0.4, 0.5) is 10.2 Å². The van der Waals surface area contributed by atoms with E-state index in [9.17, 15) is 4.39 Å². The smallest absolute Gasteiger partial charge is 0.221 e.